The lowest BCUT2D eigenvalue weighted by Gasteiger charge is -2.28. The normalized spacial score (nSPS) is 11.9. The van der Waals surface area contributed by atoms with Crippen LogP contribution in [0.2, 0.25) is 0 Å². The van der Waals surface area contributed by atoms with E-state index in [1.54, 1.807) is 0 Å². The van der Waals surface area contributed by atoms with E-state index in [0.717, 1.165) is 17.1 Å². The highest BCUT2D eigenvalue weighted by atomic mass is 32.1. The molecule has 0 saturated heterocycles. The standard InChI is InChI=1S/C58H36N2S/c1-2-14-38(15-3-1)60-54-24-12-10-22-49(54)52-34-37(26-31-56(52)60)41-30-32-55(48-21-9-8-16-42(41)48)59(40-28-33-58-53(36-40)50-23-11-13-25-57(50)61-58)39-27-29-47-45-19-5-4-17-43(45)44-18-6-7-20-46(44)51(47)35-39/h1-36H. The zero-order chi connectivity index (χ0) is 40.0. The van der Waals surface area contributed by atoms with Crippen LogP contribution >= 0.6 is 11.3 Å². The molecule has 13 rings (SSSR count). The minimum Gasteiger partial charge on any atom is -0.310 e. The summed E-state index contributed by atoms with van der Waals surface area (Å²) in [7, 11) is 0. The van der Waals surface area contributed by atoms with Gasteiger partial charge in [-0.15, -0.1) is 11.3 Å². The number of para-hydroxylation sites is 2. The van der Waals surface area contributed by atoms with E-state index in [1.165, 1.54) is 102 Å². The average Bonchev–Trinajstić information content (AvgIpc) is 3.87. The molecule has 11 aromatic carbocycles. The summed E-state index contributed by atoms with van der Waals surface area (Å²) in [6.07, 6.45) is 0. The van der Waals surface area contributed by atoms with E-state index in [2.05, 4.69) is 228 Å². The lowest BCUT2D eigenvalue weighted by Crippen LogP contribution is -2.10. The first kappa shape index (κ1) is 34.2. The molecule has 0 saturated carbocycles. The van der Waals surface area contributed by atoms with E-state index in [4.69, 9.17) is 0 Å². The Kier molecular flexibility index (Phi) is 7.51. The monoisotopic (exact) mass is 792 g/mol. The van der Waals surface area contributed by atoms with Crippen molar-refractivity contribution in [1.29, 1.82) is 0 Å². The van der Waals surface area contributed by atoms with E-state index >= 15 is 0 Å². The molecule has 0 radical (unpaired) electrons. The highest BCUT2D eigenvalue weighted by Crippen LogP contribution is 2.47. The smallest absolute Gasteiger partial charge is 0.0541 e. The summed E-state index contributed by atoms with van der Waals surface area (Å²) in [5.74, 6) is 0. The first-order valence-corrected chi connectivity index (χ1v) is 21.7. The molecule has 2 heterocycles. The number of thiophene rings is 1. The topological polar surface area (TPSA) is 8.17 Å². The first-order chi connectivity index (χ1) is 30.3. The summed E-state index contributed by atoms with van der Waals surface area (Å²) < 4.78 is 4.99. The molecule has 0 fully saturated rings. The summed E-state index contributed by atoms with van der Waals surface area (Å²) in [4.78, 5) is 2.48. The van der Waals surface area contributed by atoms with Crippen molar-refractivity contribution in [2.45, 2.75) is 0 Å². The lowest BCUT2D eigenvalue weighted by molar-refractivity contribution is 1.18. The lowest BCUT2D eigenvalue weighted by atomic mass is 9.93. The van der Waals surface area contributed by atoms with Gasteiger partial charge in [0, 0.05) is 53.4 Å². The Labute approximate surface area is 356 Å². The number of hydrogen-bond acceptors (Lipinski definition) is 2. The average molecular weight is 793 g/mol. The van der Waals surface area contributed by atoms with Gasteiger partial charge in [0.2, 0.25) is 0 Å². The first-order valence-electron chi connectivity index (χ1n) is 20.9. The van der Waals surface area contributed by atoms with Gasteiger partial charge in [-0.3, -0.25) is 0 Å². The van der Waals surface area contributed by atoms with E-state index in [-0.39, 0.29) is 0 Å². The van der Waals surface area contributed by atoms with Gasteiger partial charge in [0.15, 0.2) is 0 Å². The molecule has 0 aliphatic rings. The minimum absolute atomic E-state index is 1.12. The van der Waals surface area contributed by atoms with Gasteiger partial charge in [-0.05, 0) is 122 Å². The highest BCUT2D eigenvalue weighted by Gasteiger charge is 2.21. The van der Waals surface area contributed by atoms with Crippen molar-refractivity contribution in [3.63, 3.8) is 0 Å². The van der Waals surface area contributed by atoms with Gasteiger partial charge in [-0.1, -0.05) is 146 Å². The summed E-state index contributed by atoms with van der Waals surface area (Å²) in [6.45, 7) is 0. The van der Waals surface area contributed by atoms with Crippen LogP contribution in [0.25, 0.3) is 102 Å². The van der Waals surface area contributed by atoms with Gasteiger partial charge in [-0.25, -0.2) is 0 Å². The maximum absolute atomic E-state index is 2.48. The van der Waals surface area contributed by atoms with Crippen LogP contribution in [-0.4, -0.2) is 4.57 Å². The molecule has 0 unspecified atom stereocenters. The molecule has 0 aliphatic carbocycles. The predicted octanol–water partition coefficient (Wildman–Crippen LogP) is 16.9. The number of anilines is 3. The molecule has 0 N–H and O–H groups in total. The fourth-order valence-corrected chi connectivity index (χ4v) is 11.1. The second-order valence-corrected chi connectivity index (χ2v) is 17.1. The van der Waals surface area contributed by atoms with Gasteiger partial charge in [0.25, 0.3) is 0 Å². The highest BCUT2D eigenvalue weighted by molar-refractivity contribution is 7.25. The fraction of sp³-hybridized carbons (Fsp3) is 0. The molecule has 61 heavy (non-hydrogen) atoms. The Balaban J connectivity index is 1.05. The Morgan fingerprint density at radius 1 is 0.311 bits per heavy atom. The van der Waals surface area contributed by atoms with Crippen LogP contribution in [0, 0.1) is 0 Å². The Morgan fingerprint density at radius 2 is 0.852 bits per heavy atom. The number of rotatable bonds is 5. The molecule has 0 aliphatic heterocycles. The molecule has 0 amide bonds. The van der Waals surface area contributed by atoms with Gasteiger partial charge in [0.05, 0.1) is 16.7 Å². The SMILES string of the molecule is c1ccc(-n2c3ccccc3c3cc(-c4ccc(N(c5ccc6sc7ccccc7c6c5)c5ccc6c7ccccc7c7ccccc7c6c5)c5ccccc45)ccc32)cc1. The molecule has 3 heteroatoms. The minimum atomic E-state index is 1.12. The van der Waals surface area contributed by atoms with Crippen LogP contribution in [0.1, 0.15) is 0 Å². The van der Waals surface area contributed by atoms with Crippen LogP contribution < -0.4 is 4.90 Å². The van der Waals surface area contributed by atoms with E-state index in [1.807, 2.05) is 11.3 Å². The van der Waals surface area contributed by atoms with E-state index in [0.29, 0.717) is 0 Å². The Morgan fingerprint density at radius 3 is 1.61 bits per heavy atom. The third kappa shape index (κ3) is 5.21. The maximum Gasteiger partial charge on any atom is 0.0541 e. The number of nitrogens with zero attached hydrogens (tertiary/aromatic N) is 2. The van der Waals surface area contributed by atoms with Crippen molar-refractivity contribution in [3.8, 4) is 16.8 Å². The molecule has 0 atom stereocenters. The van der Waals surface area contributed by atoms with Gasteiger partial charge >= 0.3 is 0 Å². The Bertz CT molecular complexity index is 3860. The molecular formula is C58H36N2S. The summed E-state index contributed by atoms with van der Waals surface area (Å²) in [5.41, 5.74) is 9.40. The van der Waals surface area contributed by atoms with E-state index in [9.17, 15) is 0 Å². The van der Waals surface area contributed by atoms with Crippen molar-refractivity contribution in [3.05, 3.63) is 218 Å². The Hall–Kier alpha value is -7.72. The predicted molar refractivity (Wildman–Crippen MR) is 264 cm³/mol. The van der Waals surface area contributed by atoms with Crippen LogP contribution in [0.5, 0.6) is 0 Å². The van der Waals surface area contributed by atoms with E-state index < -0.39 is 0 Å². The summed E-state index contributed by atoms with van der Waals surface area (Å²) in [6, 6.07) is 80.6. The van der Waals surface area contributed by atoms with Gasteiger partial charge in [0.1, 0.15) is 0 Å². The largest absolute Gasteiger partial charge is 0.310 e. The number of aromatic nitrogens is 1. The van der Waals surface area contributed by atoms with Gasteiger partial charge in [-0.2, -0.15) is 0 Å². The summed E-state index contributed by atoms with van der Waals surface area (Å²) in [5, 5.41) is 15.1. The van der Waals surface area contributed by atoms with Crippen LogP contribution in [0.15, 0.2) is 218 Å². The zero-order valence-electron chi connectivity index (χ0n) is 33.1. The molecule has 0 spiro atoms. The van der Waals surface area contributed by atoms with Crippen molar-refractivity contribution in [1.82, 2.24) is 4.57 Å². The van der Waals surface area contributed by atoms with Crippen LogP contribution in [0.4, 0.5) is 17.1 Å². The molecule has 2 nitrogen and oxygen atoms in total. The second-order valence-electron chi connectivity index (χ2n) is 16.0. The van der Waals surface area contributed by atoms with Crippen molar-refractivity contribution in [2.24, 2.45) is 0 Å². The van der Waals surface area contributed by atoms with Crippen LogP contribution in [-0.2, 0) is 0 Å². The van der Waals surface area contributed by atoms with Crippen LogP contribution in [0.3, 0.4) is 0 Å². The molecule has 2 aromatic heterocycles. The number of fused-ring (bicyclic) bond motifs is 13. The zero-order valence-corrected chi connectivity index (χ0v) is 33.9. The molecule has 0 bridgehead atoms. The van der Waals surface area contributed by atoms with Crippen molar-refractivity contribution >= 4 is 113 Å². The number of hydrogen-bond donors (Lipinski definition) is 0. The molecule has 284 valence electrons. The third-order valence-corrected chi connectivity index (χ3v) is 13.9. The quantitative estimate of drug-likeness (QED) is 0.158. The summed E-state index contributed by atoms with van der Waals surface area (Å²) >= 11 is 1.86. The third-order valence-electron chi connectivity index (χ3n) is 12.7. The van der Waals surface area contributed by atoms with Gasteiger partial charge < -0.3 is 9.47 Å². The van der Waals surface area contributed by atoms with Crippen molar-refractivity contribution in [2.75, 3.05) is 4.90 Å². The number of benzene rings is 11. The second kappa shape index (κ2) is 13.4. The molecular weight excluding hydrogens is 757 g/mol. The van der Waals surface area contributed by atoms with Crippen molar-refractivity contribution < 1.29 is 0 Å². The maximum atomic E-state index is 2.48. The fourth-order valence-electron chi connectivity index (χ4n) is 10.0. The molecule has 13 aromatic rings.